The Morgan fingerprint density at radius 1 is 1.33 bits per heavy atom. The summed E-state index contributed by atoms with van der Waals surface area (Å²) in [6.07, 6.45) is -0.411. The molecule has 0 radical (unpaired) electrons. The fourth-order valence-corrected chi connectivity index (χ4v) is 1.90. The number of imide groups is 1. The first kappa shape index (κ1) is 12.7. The summed E-state index contributed by atoms with van der Waals surface area (Å²) in [7, 11) is 0. The van der Waals surface area contributed by atoms with Crippen LogP contribution in [0.4, 0.5) is 9.59 Å². The normalized spacial score (nSPS) is 20.8. The van der Waals surface area contributed by atoms with Crippen molar-refractivity contribution in [1.82, 2.24) is 15.1 Å². The molecule has 0 aromatic heterocycles. The average Bonchev–Trinajstić information content (AvgIpc) is 2.43. The maximum absolute atomic E-state index is 11.7. The Morgan fingerprint density at radius 3 is 2.39 bits per heavy atom. The highest BCUT2D eigenvalue weighted by atomic mass is 16.6. The molecular weight excluding hydrogens is 238 g/mol. The van der Waals surface area contributed by atoms with Crippen LogP contribution < -0.4 is 5.32 Å². The third-order valence-electron chi connectivity index (χ3n) is 2.76. The highest BCUT2D eigenvalue weighted by molar-refractivity contribution is 6.02. The number of carbonyl (C=O) groups is 3. The van der Waals surface area contributed by atoms with Crippen molar-refractivity contribution in [2.24, 2.45) is 0 Å². The van der Waals surface area contributed by atoms with Gasteiger partial charge in [0.25, 0.3) is 0 Å². The van der Waals surface area contributed by atoms with Crippen LogP contribution in [0.1, 0.15) is 20.8 Å². The lowest BCUT2D eigenvalue weighted by atomic mass is 10.1. The zero-order valence-corrected chi connectivity index (χ0v) is 10.7. The number of nitrogens with zero attached hydrogens (tertiary/aromatic N) is 2. The fourth-order valence-electron chi connectivity index (χ4n) is 1.90. The molecule has 0 spiro atoms. The van der Waals surface area contributed by atoms with E-state index in [1.165, 1.54) is 9.80 Å². The number of amides is 4. The summed E-state index contributed by atoms with van der Waals surface area (Å²) >= 11 is 0. The summed E-state index contributed by atoms with van der Waals surface area (Å²) in [5, 5.41) is 2.45. The molecule has 2 saturated heterocycles. The van der Waals surface area contributed by atoms with Crippen LogP contribution in [-0.4, -0.2) is 59.1 Å². The Balaban J connectivity index is 1.85. The summed E-state index contributed by atoms with van der Waals surface area (Å²) in [5.41, 5.74) is -0.539. The molecule has 4 amide bonds. The van der Waals surface area contributed by atoms with Gasteiger partial charge in [-0.1, -0.05) is 0 Å². The molecule has 1 N–H and O–H groups in total. The van der Waals surface area contributed by atoms with Crippen LogP contribution in [0.3, 0.4) is 0 Å². The van der Waals surface area contributed by atoms with Gasteiger partial charge in [-0.15, -0.1) is 0 Å². The highest BCUT2D eigenvalue weighted by Gasteiger charge is 2.43. The van der Waals surface area contributed by atoms with Crippen LogP contribution in [0, 0.1) is 0 Å². The standard InChI is InChI=1S/C11H17N3O4/c1-11(2,3)18-10(17)13-5-7(6-13)14-8(15)4-12-9(14)16/h7H,4-6H2,1-3H3,(H,12,16). The summed E-state index contributed by atoms with van der Waals surface area (Å²) in [5.74, 6) is -0.242. The molecule has 2 rings (SSSR count). The van der Waals surface area contributed by atoms with Gasteiger partial charge in [0.2, 0.25) is 5.91 Å². The summed E-state index contributed by atoms with van der Waals surface area (Å²) in [6.45, 7) is 6.10. The van der Waals surface area contributed by atoms with E-state index in [2.05, 4.69) is 5.32 Å². The van der Waals surface area contributed by atoms with E-state index in [0.717, 1.165) is 0 Å². The third-order valence-corrected chi connectivity index (χ3v) is 2.76. The maximum Gasteiger partial charge on any atom is 0.410 e. The van der Waals surface area contributed by atoms with E-state index >= 15 is 0 Å². The number of hydrogen-bond donors (Lipinski definition) is 1. The second-order valence-corrected chi connectivity index (χ2v) is 5.46. The van der Waals surface area contributed by atoms with E-state index in [1.54, 1.807) is 20.8 Å². The number of ether oxygens (including phenoxy) is 1. The smallest absolute Gasteiger partial charge is 0.410 e. The first-order valence-corrected chi connectivity index (χ1v) is 5.86. The van der Waals surface area contributed by atoms with E-state index in [4.69, 9.17) is 4.74 Å². The second-order valence-electron chi connectivity index (χ2n) is 5.46. The van der Waals surface area contributed by atoms with Crippen LogP contribution in [0.5, 0.6) is 0 Å². The summed E-state index contributed by atoms with van der Waals surface area (Å²) < 4.78 is 5.19. The van der Waals surface area contributed by atoms with Gasteiger partial charge in [-0.3, -0.25) is 9.69 Å². The van der Waals surface area contributed by atoms with Crippen LogP contribution in [0.15, 0.2) is 0 Å². The van der Waals surface area contributed by atoms with Gasteiger partial charge in [-0.05, 0) is 20.8 Å². The van der Waals surface area contributed by atoms with Crippen molar-refractivity contribution < 1.29 is 19.1 Å². The van der Waals surface area contributed by atoms with Gasteiger partial charge in [-0.2, -0.15) is 0 Å². The predicted molar refractivity (Wildman–Crippen MR) is 61.8 cm³/mol. The molecule has 2 aliphatic heterocycles. The molecule has 7 heteroatoms. The molecule has 100 valence electrons. The molecule has 0 saturated carbocycles. The zero-order valence-electron chi connectivity index (χ0n) is 10.7. The van der Waals surface area contributed by atoms with Gasteiger partial charge in [0.1, 0.15) is 5.60 Å². The van der Waals surface area contributed by atoms with E-state index < -0.39 is 11.7 Å². The van der Waals surface area contributed by atoms with Gasteiger partial charge in [-0.25, -0.2) is 9.59 Å². The van der Waals surface area contributed by atoms with E-state index in [9.17, 15) is 14.4 Å². The topological polar surface area (TPSA) is 79.0 Å². The minimum atomic E-state index is -0.539. The maximum atomic E-state index is 11.7. The van der Waals surface area contributed by atoms with Gasteiger partial charge >= 0.3 is 12.1 Å². The largest absolute Gasteiger partial charge is 0.444 e. The van der Waals surface area contributed by atoms with Crippen molar-refractivity contribution in [3.8, 4) is 0 Å². The SMILES string of the molecule is CC(C)(C)OC(=O)N1CC(N2C(=O)CNC2=O)C1. The summed E-state index contributed by atoms with van der Waals surface area (Å²) in [4.78, 5) is 37.1. The predicted octanol–water partition coefficient (Wildman–Crippen LogP) is 0.158. The van der Waals surface area contributed by atoms with E-state index in [1.807, 2.05) is 0 Å². The molecular formula is C11H17N3O4. The van der Waals surface area contributed by atoms with E-state index in [-0.39, 0.29) is 24.5 Å². The van der Waals surface area contributed by atoms with Crippen molar-refractivity contribution in [2.45, 2.75) is 32.4 Å². The molecule has 0 aromatic rings. The van der Waals surface area contributed by atoms with Crippen LogP contribution >= 0.6 is 0 Å². The quantitative estimate of drug-likeness (QED) is 0.677. The van der Waals surface area contributed by atoms with Crippen LogP contribution in [0.25, 0.3) is 0 Å². The molecule has 7 nitrogen and oxygen atoms in total. The lowest BCUT2D eigenvalue weighted by Crippen LogP contribution is -2.63. The molecule has 18 heavy (non-hydrogen) atoms. The third kappa shape index (κ3) is 2.39. The molecule has 2 heterocycles. The highest BCUT2D eigenvalue weighted by Crippen LogP contribution is 2.20. The first-order valence-electron chi connectivity index (χ1n) is 5.86. The van der Waals surface area contributed by atoms with Gasteiger partial charge in [0, 0.05) is 13.1 Å². The number of nitrogens with one attached hydrogen (secondary N) is 1. The fraction of sp³-hybridized carbons (Fsp3) is 0.727. The number of rotatable bonds is 1. The number of likely N-dealkylation sites (tertiary alicyclic amines) is 1. The zero-order chi connectivity index (χ0) is 13.5. The minimum absolute atomic E-state index is 0.0434. The Morgan fingerprint density at radius 2 is 1.94 bits per heavy atom. The number of hydrogen-bond acceptors (Lipinski definition) is 4. The molecule has 0 aromatic carbocycles. The van der Waals surface area contributed by atoms with Crippen molar-refractivity contribution in [3.05, 3.63) is 0 Å². The molecule has 0 aliphatic carbocycles. The molecule has 0 unspecified atom stereocenters. The van der Waals surface area contributed by atoms with Crippen molar-refractivity contribution in [3.63, 3.8) is 0 Å². The van der Waals surface area contributed by atoms with Gasteiger partial charge in [0.15, 0.2) is 0 Å². The molecule has 0 bridgehead atoms. The van der Waals surface area contributed by atoms with Crippen LogP contribution in [-0.2, 0) is 9.53 Å². The van der Waals surface area contributed by atoms with Gasteiger partial charge in [0.05, 0.1) is 12.6 Å². The van der Waals surface area contributed by atoms with Crippen LogP contribution in [0.2, 0.25) is 0 Å². The summed E-state index contributed by atoms with van der Waals surface area (Å²) in [6, 6.07) is -0.610. The Hall–Kier alpha value is -1.79. The van der Waals surface area contributed by atoms with Crippen molar-refractivity contribution in [1.29, 1.82) is 0 Å². The Labute approximate surface area is 105 Å². The molecule has 2 fully saturated rings. The average molecular weight is 255 g/mol. The van der Waals surface area contributed by atoms with Crippen molar-refractivity contribution >= 4 is 18.0 Å². The lowest BCUT2D eigenvalue weighted by molar-refractivity contribution is -0.129. The Bertz CT molecular complexity index is 380. The molecule has 0 atom stereocenters. The lowest BCUT2D eigenvalue weighted by Gasteiger charge is -2.42. The van der Waals surface area contributed by atoms with Gasteiger partial charge < -0.3 is 15.0 Å². The first-order chi connectivity index (χ1) is 8.28. The number of urea groups is 1. The Kier molecular flexibility index (Phi) is 2.92. The minimum Gasteiger partial charge on any atom is -0.444 e. The monoisotopic (exact) mass is 255 g/mol. The molecule has 2 aliphatic rings. The second kappa shape index (κ2) is 4.15. The number of carbonyl (C=O) groups excluding carboxylic acids is 3. The van der Waals surface area contributed by atoms with Crippen molar-refractivity contribution in [2.75, 3.05) is 19.6 Å². The van der Waals surface area contributed by atoms with E-state index in [0.29, 0.717) is 13.1 Å².